The molecule has 8 heteroatoms. The third-order valence-corrected chi connectivity index (χ3v) is 6.67. The van der Waals surface area contributed by atoms with E-state index in [0.717, 1.165) is 51.3 Å². The Kier molecular flexibility index (Phi) is 8.21. The van der Waals surface area contributed by atoms with E-state index in [0.29, 0.717) is 12.4 Å². The second kappa shape index (κ2) is 10.9. The molecule has 2 heterocycles. The van der Waals surface area contributed by atoms with Gasteiger partial charge in [-0.1, -0.05) is 37.6 Å². The minimum absolute atomic E-state index is 0.0949. The van der Waals surface area contributed by atoms with Gasteiger partial charge in [0.2, 0.25) is 10.0 Å². The number of aromatic nitrogens is 1. The molecule has 1 aliphatic heterocycles. The van der Waals surface area contributed by atoms with Crippen molar-refractivity contribution in [2.45, 2.75) is 50.7 Å². The third-order valence-electron chi connectivity index (χ3n) is 5.10. The molecule has 1 fully saturated rings. The Labute approximate surface area is 179 Å². The molecule has 3 rings (SSSR count). The monoisotopic (exact) mass is 432 g/mol. The standard InChI is InChI=1S/C22H32N4O3S/c1-3-5-18(2)25-30(27,28)21-8-9-22(24-16-21)23-15-19-6-4-7-20(14-19)17-26-10-12-29-13-11-26/h4,6-9,14,16,18,25H,3,5,10-13,15,17H2,1-2H3,(H,23,24). The fraction of sp³-hybridized carbons (Fsp3) is 0.500. The number of morpholine rings is 1. The fourth-order valence-corrected chi connectivity index (χ4v) is 4.74. The van der Waals surface area contributed by atoms with Gasteiger partial charge < -0.3 is 10.1 Å². The molecule has 2 N–H and O–H groups in total. The highest BCUT2D eigenvalue weighted by Crippen LogP contribution is 2.14. The molecule has 1 unspecified atom stereocenters. The first-order valence-electron chi connectivity index (χ1n) is 10.6. The summed E-state index contributed by atoms with van der Waals surface area (Å²) in [7, 11) is -3.54. The van der Waals surface area contributed by atoms with Gasteiger partial charge in [-0.05, 0) is 36.6 Å². The largest absolute Gasteiger partial charge is 0.379 e. The number of anilines is 1. The molecule has 0 amide bonds. The Balaban J connectivity index is 1.55. The van der Waals surface area contributed by atoms with Crippen LogP contribution < -0.4 is 10.0 Å². The van der Waals surface area contributed by atoms with Gasteiger partial charge in [0.15, 0.2) is 0 Å². The molecule has 30 heavy (non-hydrogen) atoms. The van der Waals surface area contributed by atoms with Gasteiger partial charge in [0.25, 0.3) is 0 Å². The van der Waals surface area contributed by atoms with Crippen LogP contribution in [0.2, 0.25) is 0 Å². The molecule has 0 saturated carbocycles. The molecule has 0 bridgehead atoms. The van der Waals surface area contributed by atoms with E-state index in [9.17, 15) is 8.42 Å². The van der Waals surface area contributed by atoms with Gasteiger partial charge in [-0.15, -0.1) is 0 Å². The summed E-state index contributed by atoms with van der Waals surface area (Å²) in [4.78, 5) is 6.86. The van der Waals surface area contributed by atoms with Crippen LogP contribution in [0.5, 0.6) is 0 Å². The topological polar surface area (TPSA) is 83.6 Å². The number of hydrogen-bond donors (Lipinski definition) is 2. The predicted molar refractivity (Wildman–Crippen MR) is 119 cm³/mol. The van der Waals surface area contributed by atoms with Crippen molar-refractivity contribution in [2.75, 3.05) is 31.6 Å². The first-order valence-corrected chi connectivity index (χ1v) is 12.0. The van der Waals surface area contributed by atoms with E-state index in [-0.39, 0.29) is 10.9 Å². The lowest BCUT2D eigenvalue weighted by Gasteiger charge is -2.26. The van der Waals surface area contributed by atoms with Crippen LogP contribution in [-0.4, -0.2) is 50.6 Å². The quantitative estimate of drug-likeness (QED) is 0.601. The minimum atomic E-state index is -3.54. The maximum Gasteiger partial charge on any atom is 0.242 e. The van der Waals surface area contributed by atoms with Crippen LogP contribution in [0.15, 0.2) is 47.5 Å². The first kappa shape index (κ1) is 22.7. The Hall–Kier alpha value is -2.00. The van der Waals surface area contributed by atoms with Gasteiger partial charge >= 0.3 is 0 Å². The van der Waals surface area contributed by atoms with Crippen LogP contribution in [0, 0.1) is 0 Å². The van der Waals surface area contributed by atoms with Crippen molar-refractivity contribution in [3.63, 3.8) is 0 Å². The molecular formula is C22H32N4O3S. The summed E-state index contributed by atoms with van der Waals surface area (Å²) in [6.07, 6.45) is 3.13. The van der Waals surface area contributed by atoms with Gasteiger partial charge in [-0.2, -0.15) is 0 Å². The van der Waals surface area contributed by atoms with Crippen molar-refractivity contribution >= 4 is 15.8 Å². The lowest BCUT2D eigenvalue weighted by molar-refractivity contribution is 0.0342. The molecule has 0 spiro atoms. The smallest absolute Gasteiger partial charge is 0.242 e. The number of hydrogen-bond acceptors (Lipinski definition) is 6. The van der Waals surface area contributed by atoms with Crippen LogP contribution in [0.4, 0.5) is 5.82 Å². The summed E-state index contributed by atoms with van der Waals surface area (Å²) in [5.41, 5.74) is 2.44. The van der Waals surface area contributed by atoms with Crippen molar-refractivity contribution in [2.24, 2.45) is 0 Å². The maximum atomic E-state index is 12.4. The molecular weight excluding hydrogens is 400 g/mol. The molecule has 0 aliphatic carbocycles. The highest BCUT2D eigenvalue weighted by molar-refractivity contribution is 7.89. The van der Waals surface area contributed by atoms with Crippen molar-refractivity contribution < 1.29 is 13.2 Å². The maximum absolute atomic E-state index is 12.4. The number of benzene rings is 1. The molecule has 1 aromatic heterocycles. The number of sulfonamides is 1. The zero-order chi connectivity index (χ0) is 21.4. The summed E-state index contributed by atoms with van der Waals surface area (Å²) < 4.78 is 32.9. The summed E-state index contributed by atoms with van der Waals surface area (Å²) in [5, 5.41) is 3.27. The molecule has 164 valence electrons. The van der Waals surface area contributed by atoms with E-state index in [1.54, 1.807) is 12.1 Å². The van der Waals surface area contributed by atoms with Crippen LogP contribution >= 0.6 is 0 Å². The third kappa shape index (κ3) is 6.77. The highest BCUT2D eigenvalue weighted by Gasteiger charge is 2.17. The number of ether oxygens (including phenoxy) is 1. The average Bonchev–Trinajstić information content (AvgIpc) is 2.73. The van der Waals surface area contributed by atoms with Crippen LogP contribution in [0.3, 0.4) is 0 Å². The zero-order valence-electron chi connectivity index (χ0n) is 17.8. The summed E-state index contributed by atoms with van der Waals surface area (Å²) in [5.74, 6) is 0.647. The molecule has 1 aliphatic rings. The zero-order valence-corrected chi connectivity index (χ0v) is 18.6. The van der Waals surface area contributed by atoms with E-state index in [1.807, 2.05) is 13.8 Å². The van der Waals surface area contributed by atoms with Crippen LogP contribution in [0.1, 0.15) is 37.8 Å². The lowest BCUT2D eigenvalue weighted by atomic mass is 10.1. The van der Waals surface area contributed by atoms with Gasteiger partial charge in [-0.3, -0.25) is 4.90 Å². The number of nitrogens with zero attached hydrogens (tertiary/aromatic N) is 2. The van der Waals surface area contributed by atoms with Gasteiger partial charge in [0.05, 0.1) is 13.2 Å². The Morgan fingerprint density at radius 3 is 2.63 bits per heavy atom. The average molecular weight is 433 g/mol. The second-order valence-electron chi connectivity index (χ2n) is 7.75. The molecule has 7 nitrogen and oxygen atoms in total. The summed E-state index contributed by atoms with van der Waals surface area (Å²) in [6, 6.07) is 11.7. The van der Waals surface area contributed by atoms with Gasteiger partial charge in [0.1, 0.15) is 10.7 Å². The normalized spacial score (nSPS) is 16.3. The fourth-order valence-electron chi connectivity index (χ4n) is 3.52. The second-order valence-corrected chi connectivity index (χ2v) is 9.47. The minimum Gasteiger partial charge on any atom is -0.379 e. The predicted octanol–water partition coefficient (Wildman–Crippen LogP) is 2.99. The SMILES string of the molecule is CCCC(C)NS(=O)(=O)c1ccc(NCc2cccc(CN3CCOCC3)c2)nc1. The molecule has 1 atom stereocenters. The molecule has 0 radical (unpaired) electrons. The molecule has 2 aromatic rings. The van der Waals surface area contributed by atoms with Gasteiger partial charge in [-0.25, -0.2) is 18.1 Å². The number of rotatable bonds is 10. The molecule has 1 aromatic carbocycles. The Morgan fingerprint density at radius 2 is 1.93 bits per heavy atom. The van der Waals surface area contributed by atoms with E-state index in [1.165, 1.54) is 11.8 Å². The number of nitrogens with one attached hydrogen (secondary N) is 2. The van der Waals surface area contributed by atoms with E-state index >= 15 is 0 Å². The molecule has 1 saturated heterocycles. The van der Waals surface area contributed by atoms with Crippen molar-refractivity contribution in [3.05, 3.63) is 53.7 Å². The first-order chi connectivity index (χ1) is 14.5. The Bertz CT molecular complexity index is 897. The van der Waals surface area contributed by atoms with Crippen LogP contribution in [0.25, 0.3) is 0 Å². The van der Waals surface area contributed by atoms with Crippen molar-refractivity contribution in [1.82, 2.24) is 14.6 Å². The van der Waals surface area contributed by atoms with E-state index < -0.39 is 10.0 Å². The summed E-state index contributed by atoms with van der Waals surface area (Å²) >= 11 is 0. The van der Waals surface area contributed by atoms with Crippen LogP contribution in [-0.2, 0) is 27.8 Å². The lowest BCUT2D eigenvalue weighted by Crippen LogP contribution is -2.35. The Morgan fingerprint density at radius 1 is 1.17 bits per heavy atom. The number of pyridine rings is 1. The summed E-state index contributed by atoms with van der Waals surface area (Å²) in [6.45, 7) is 8.98. The van der Waals surface area contributed by atoms with Gasteiger partial charge in [0, 0.05) is 38.4 Å². The highest BCUT2D eigenvalue weighted by atomic mass is 32.2. The van der Waals surface area contributed by atoms with Crippen molar-refractivity contribution in [1.29, 1.82) is 0 Å². The van der Waals surface area contributed by atoms with Crippen molar-refractivity contribution in [3.8, 4) is 0 Å². The van der Waals surface area contributed by atoms with E-state index in [4.69, 9.17) is 4.74 Å². The van der Waals surface area contributed by atoms with E-state index in [2.05, 4.69) is 44.2 Å².